The van der Waals surface area contributed by atoms with Gasteiger partial charge in [-0.2, -0.15) is 0 Å². The summed E-state index contributed by atoms with van der Waals surface area (Å²) >= 11 is 0. The highest BCUT2D eigenvalue weighted by atomic mass is 16.3. The third-order valence-corrected chi connectivity index (χ3v) is 4.67. The van der Waals surface area contributed by atoms with Crippen LogP contribution in [0.1, 0.15) is 26.3 Å². The highest BCUT2D eigenvalue weighted by Crippen LogP contribution is 2.35. The molecule has 3 nitrogen and oxygen atoms in total. The predicted molar refractivity (Wildman–Crippen MR) is 111 cm³/mol. The average molecular weight is 363 g/mol. The summed E-state index contributed by atoms with van der Waals surface area (Å²) in [5.41, 5.74) is 5.86. The van der Waals surface area contributed by atoms with Crippen LogP contribution < -0.4 is 5.11 Å². The van der Waals surface area contributed by atoms with Crippen molar-refractivity contribution in [2.75, 3.05) is 21.1 Å². The second-order valence-electron chi connectivity index (χ2n) is 9.39. The maximum atomic E-state index is 11.9. The molecule has 0 fully saturated rings. The van der Waals surface area contributed by atoms with Crippen LogP contribution in [0.25, 0.3) is 22.3 Å². The fraction of sp³-hybridized carbons (Fsp3) is 0.333. The van der Waals surface area contributed by atoms with Gasteiger partial charge in [0, 0.05) is 23.5 Å². The molecule has 0 amide bonds. The fourth-order valence-corrected chi connectivity index (χ4v) is 3.35. The fourth-order valence-electron chi connectivity index (χ4n) is 3.35. The molecule has 3 aromatic rings. The van der Waals surface area contributed by atoms with Crippen LogP contribution in [-0.2, 0) is 12.1 Å². The Morgan fingerprint density at radius 3 is 1.96 bits per heavy atom. The van der Waals surface area contributed by atoms with Crippen LogP contribution in [0.4, 0.5) is 0 Å². The van der Waals surface area contributed by atoms with Crippen LogP contribution in [0.2, 0.25) is 0 Å². The maximum absolute atomic E-state index is 11.9. The Kier molecular flexibility index (Phi) is 4.92. The molecule has 0 N–H and O–H groups in total. The Morgan fingerprint density at radius 2 is 1.44 bits per heavy atom. The first-order valence-electron chi connectivity index (χ1n) is 9.41. The normalized spacial score (nSPS) is 12.4. The minimum absolute atomic E-state index is 0.0425. The maximum Gasteiger partial charge on any atom is 0.157 e. The van der Waals surface area contributed by atoms with Crippen LogP contribution in [0.15, 0.2) is 60.9 Å². The first-order valence-corrected chi connectivity index (χ1v) is 9.41. The molecule has 0 aliphatic rings. The van der Waals surface area contributed by atoms with E-state index >= 15 is 0 Å². The van der Waals surface area contributed by atoms with Gasteiger partial charge in [-0.3, -0.25) is 0 Å². The summed E-state index contributed by atoms with van der Waals surface area (Å²) in [6.45, 7) is 7.55. The van der Waals surface area contributed by atoms with Crippen LogP contribution in [-0.4, -0.2) is 30.2 Å². The van der Waals surface area contributed by atoms with Crippen LogP contribution >= 0.6 is 0 Å². The molecular weight excluding hydrogens is 332 g/mol. The van der Waals surface area contributed by atoms with Crippen LogP contribution in [0.3, 0.4) is 0 Å². The van der Waals surface area contributed by atoms with Gasteiger partial charge < -0.3 is 14.2 Å². The zero-order valence-electron chi connectivity index (χ0n) is 17.3. The Morgan fingerprint density at radius 1 is 0.852 bits per heavy atom. The molecule has 3 rings (SSSR count). The van der Waals surface area contributed by atoms with Gasteiger partial charge in [-0.15, -0.1) is 5.75 Å². The molecule has 2 aromatic carbocycles. The monoisotopic (exact) mass is 362 g/mol. The Hall–Kier alpha value is -2.52. The number of hydrogen-bond acceptors (Lipinski definition) is 1. The standard InChI is InChI=1S/C24H30N2O/c1-24(2,3)20-12-10-18(11-13-20)22-15-25(17-26(4,5)6)16-23(22)19-8-7-9-21(27)14-19/h7-16H,17H2,1-6H3. The van der Waals surface area contributed by atoms with Crippen molar-refractivity contribution >= 4 is 0 Å². The molecule has 0 saturated carbocycles. The van der Waals surface area contributed by atoms with Gasteiger partial charge in [-0.25, -0.2) is 0 Å². The van der Waals surface area contributed by atoms with E-state index in [1.54, 1.807) is 12.1 Å². The molecule has 1 heterocycles. The van der Waals surface area contributed by atoms with E-state index in [9.17, 15) is 5.11 Å². The van der Waals surface area contributed by atoms with Gasteiger partial charge in [0.15, 0.2) is 6.67 Å². The van der Waals surface area contributed by atoms with Gasteiger partial charge in [0.25, 0.3) is 0 Å². The lowest BCUT2D eigenvalue weighted by molar-refractivity contribution is -0.893. The SMILES string of the molecule is CC(C)(C)c1ccc(-c2cn(C[N+](C)(C)C)cc2-c2cccc([O-])c2)cc1. The number of nitrogens with zero attached hydrogens (tertiary/aromatic N) is 2. The highest BCUT2D eigenvalue weighted by molar-refractivity contribution is 5.83. The molecule has 142 valence electrons. The zero-order valence-corrected chi connectivity index (χ0v) is 17.3. The summed E-state index contributed by atoms with van der Waals surface area (Å²) in [5.74, 6) is 0.0425. The molecule has 0 radical (unpaired) electrons. The predicted octanol–water partition coefficient (Wildman–Crippen LogP) is 4.86. The van der Waals surface area contributed by atoms with E-state index in [2.05, 4.69) is 83.1 Å². The van der Waals surface area contributed by atoms with Crippen molar-refractivity contribution in [3.63, 3.8) is 0 Å². The van der Waals surface area contributed by atoms with Gasteiger partial charge >= 0.3 is 0 Å². The molecule has 0 aliphatic heterocycles. The van der Waals surface area contributed by atoms with Crippen LogP contribution in [0, 0.1) is 0 Å². The molecule has 0 bridgehead atoms. The smallest absolute Gasteiger partial charge is 0.157 e. The average Bonchev–Trinajstić information content (AvgIpc) is 2.96. The Labute approximate surface area is 163 Å². The van der Waals surface area contributed by atoms with E-state index in [1.165, 1.54) is 11.1 Å². The van der Waals surface area contributed by atoms with Gasteiger partial charge in [-0.1, -0.05) is 69.3 Å². The molecule has 27 heavy (non-hydrogen) atoms. The van der Waals surface area contributed by atoms with Gasteiger partial charge in [-0.05, 0) is 22.1 Å². The quantitative estimate of drug-likeness (QED) is 0.609. The first kappa shape index (κ1) is 19.2. The molecule has 3 heteroatoms. The summed E-state index contributed by atoms with van der Waals surface area (Å²) in [6, 6.07) is 16.0. The minimum Gasteiger partial charge on any atom is -0.872 e. The lowest BCUT2D eigenvalue weighted by Gasteiger charge is -2.24. The van der Waals surface area contributed by atoms with Crippen molar-refractivity contribution in [1.82, 2.24) is 4.57 Å². The number of benzene rings is 2. The largest absolute Gasteiger partial charge is 0.872 e. The molecule has 0 atom stereocenters. The third kappa shape index (κ3) is 4.61. The van der Waals surface area contributed by atoms with E-state index in [4.69, 9.17) is 0 Å². The third-order valence-electron chi connectivity index (χ3n) is 4.67. The van der Waals surface area contributed by atoms with Crippen molar-refractivity contribution in [3.8, 4) is 28.0 Å². The Balaban J connectivity index is 2.10. The van der Waals surface area contributed by atoms with Crippen molar-refractivity contribution in [2.24, 2.45) is 0 Å². The van der Waals surface area contributed by atoms with E-state index < -0.39 is 0 Å². The Bertz CT molecular complexity index is 922. The van der Waals surface area contributed by atoms with E-state index in [-0.39, 0.29) is 11.2 Å². The number of quaternary nitrogens is 1. The lowest BCUT2D eigenvalue weighted by Crippen LogP contribution is -2.35. The van der Waals surface area contributed by atoms with Crippen molar-refractivity contribution in [2.45, 2.75) is 32.9 Å². The topological polar surface area (TPSA) is 28.0 Å². The zero-order chi connectivity index (χ0) is 19.8. The van der Waals surface area contributed by atoms with Crippen LogP contribution in [0.5, 0.6) is 5.75 Å². The molecule has 0 spiro atoms. The van der Waals surface area contributed by atoms with E-state index in [0.29, 0.717) is 0 Å². The van der Waals surface area contributed by atoms with E-state index in [1.807, 2.05) is 12.1 Å². The summed E-state index contributed by atoms with van der Waals surface area (Å²) in [7, 11) is 6.53. The number of aromatic nitrogens is 1. The van der Waals surface area contributed by atoms with Crippen molar-refractivity contribution in [3.05, 3.63) is 66.5 Å². The van der Waals surface area contributed by atoms with Gasteiger partial charge in [0.1, 0.15) is 0 Å². The lowest BCUT2D eigenvalue weighted by atomic mass is 9.86. The molecule has 0 saturated heterocycles. The number of rotatable bonds is 4. The summed E-state index contributed by atoms with van der Waals surface area (Å²) in [4.78, 5) is 0. The second kappa shape index (κ2) is 6.90. The highest BCUT2D eigenvalue weighted by Gasteiger charge is 2.17. The molecule has 1 aromatic heterocycles. The summed E-state index contributed by atoms with van der Waals surface area (Å²) in [5, 5.41) is 11.9. The summed E-state index contributed by atoms with van der Waals surface area (Å²) < 4.78 is 3.05. The minimum atomic E-state index is 0.0425. The van der Waals surface area contributed by atoms with Crippen molar-refractivity contribution < 1.29 is 9.59 Å². The first-order chi connectivity index (χ1) is 12.5. The van der Waals surface area contributed by atoms with E-state index in [0.717, 1.165) is 27.8 Å². The van der Waals surface area contributed by atoms with Gasteiger partial charge in [0.2, 0.25) is 0 Å². The molecule has 0 unspecified atom stereocenters. The molecular formula is C24H30N2O. The van der Waals surface area contributed by atoms with Crippen molar-refractivity contribution in [1.29, 1.82) is 0 Å². The molecule has 0 aliphatic carbocycles. The number of hydrogen-bond donors (Lipinski definition) is 0. The summed E-state index contributed by atoms with van der Waals surface area (Å²) in [6.07, 6.45) is 4.35. The van der Waals surface area contributed by atoms with Gasteiger partial charge in [0.05, 0.1) is 21.1 Å². The second-order valence-corrected chi connectivity index (χ2v) is 9.39.